The number of ether oxygens (including phenoxy) is 1. The van der Waals surface area contributed by atoms with Crippen LogP contribution in [0, 0.1) is 11.8 Å². The van der Waals surface area contributed by atoms with Crippen LogP contribution in [0.25, 0.3) is 0 Å². The molecule has 0 radical (unpaired) electrons. The standard InChI is InChI=1S/C9H17NO2/c1-5(2)8(10)7-4-6(3)9(11)12-7/h5-8H,4,10H2,1-3H3. The van der Waals surface area contributed by atoms with Gasteiger partial charge in [-0.2, -0.15) is 0 Å². The van der Waals surface area contributed by atoms with Crippen molar-refractivity contribution in [2.45, 2.75) is 39.3 Å². The number of hydrogen-bond acceptors (Lipinski definition) is 3. The molecule has 0 aromatic carbocycles. The Bertz CT molecular complexity index is 179. The molecule has 0 aromatic heterocycles. The molecule has 1 fully saturated rings. The van der Waals surface area contributed by atoms with Crippen LogP contribution >= 0.6 is 0 Å². The molecule has 0 aliphatic carbocycles. The molecule has 1 heterocycles. The van der Waals surface area contributed by atoms with E-state index < -0.39 is 0 Å². The van der Waals surface area contributed by atoms with E-state index >= 15 is 0 Å². The zero-order valence-electron chi connectivity index (χ0n) is 7.91. The van der Waals surface area contributed by atoms with E-state index in [4.69, 9.17) is 10.5 Å². The number of nitrogens with two attached hydrogens (primary N) is 1. The molecule has 3 nitrogen and oxygen atoms in total. The van der Waals surface area contributed by atoms with Gasteiger partial charge < -0.3 is 10.5 Å². The summed E-state index contributed by atoms with van der Waals surface area (Å²) in [6.45, 7) is 5.97. The number of carbonyl (C=O) groups excluding carboxylic acids is 1. The SMILES string of the molecule is CC1CC(C(N)C(C)C)OC1=O. The van der Waals surface area contributed by atoms with Crippen molar-refractivity contribution in [2.24, 2.45) is 17.6 Å². The number of carbonyl (C=O) groups is 1. The lowest BCUT2D eigenvalue weighted by Gasteiger charge is -2.21. The number of cyclic esters (lactones) is 1. The van der Waals surface area contributed by atoms with Crippen LogP contribution in [0.4, 0.5) is 0 Å². The van der Waals surface area contributed by atoms with Crippen molar-refractivity contribution in [1.29, 1.82) is 0 Å². The Labute approximate surface area is 73.3 Å². The molecule has 70 valence electrons. The molecule has 3 atom stereocenters. The predicted octanol–water partition coefficient (Wildman–Crippen LogP) is 0.921. The second-order valence-electron chi connectivity index (χ2n) is 3.93. The van der Waals surface area contributed by atoms with Gasteiger partial charge in [0.05, 0.1) is 5.92 Å². The third kappa shape index (κ3) is 1.78. The van der Waals surface area contributed by atoms with Crippen molar-refractivity contribution in [3.05, 3.63) is 0 Å². The zero-order chi connectivity index (χ0) is 9.30. The minimum atomic E-state index is -0.101. The summed E-state index contributed by atoms with van der Waals surface area (Å²) in [5, 5.41) is 0. The number of esters is 1. The Kier molecular flexibility index (Phi) is 2.73. The quantitative estimate of drug-likeness (QED) is 0.628. The van der Waals surface area contributed by atoms with E-state index in [-0.39, 0.29) is 24.0 Å². The van der Waals surface area contributed by atoms with Gasteiger partial charge in [0.25, 0.3) is 0 Å². The van der Waals surface area contributed by atoms with Crippen LogP contribution < -0.4 is 5.73 Å². The summed E-state index contributed by atoms with van der Waals surface area (Å²) in [7, 11) is 0. The molecule has 12 heavy (non-hydrogen) atoms. The van der Waals surface area contributed by atoms with Crippen LogP contribution in [0.15, 0.2) is 0 Å². The molecule has 3 heteroatoms. The van der Waals surface area contributed by atoms with E-state index in [9.17, 15) is 4.79 Å². The molecule has 0 amide bonds. The van der Waals surface area contributed by atoms with Gasteiger partial charge in [-0.1, -0.05) is 20.8 Å². The molecule has 1 aliphatic rings. The summed E-state index contributed by atoms with van der Waals surface area (Å²) >= 11 is 0. The Balaban J connectivity index is 2.51. The molecule has 0 spiro atoms. The maximum absolute atomic E-state index is 11.0. The average Bonchev–Trinajstić information content (AvgIpc) is 2.30. The highest BCUT2D eigenvalue weighted by atomic mass is 16.6. The van der Waals surface area contributed by atoms with Crippen molar-refractivity contribution in [3.63, 3.8) is 0 Å². The highest BCUT2D eigenvalue weighted by molar-refractivity contribution is 5.74. The summed E-state index contributed by atoms with van der Waals surface area (Å²) < 4.78 is 5.13. The summed E-state index contributed by atoms with van der Waals surface area (Å²) in [4.78, 5) is 11.0. The Hall–Kier alpha value is -0.570. The van der Waals surface area contributed by atoms with Crippen molar-refractivity contribution < 1.29 is 9.53 Å². The van der Waals surface area contributed by atoms with Crippen LogP contribution in [0.3, 0.4) is 0 Å². The maximum atomic E-state index is 11.0. The zero-order valence-corrected chi connectivity index (χ0v) is 7.91. The second-order valence-corrected chi connectivity index (χ2v) is 3.93. The van der Waals surface area contributed by atoms with Crippen molar-refractivity contribution in [1.82, 2.24) is 0 Å². The summed E-state index contributed by atoms with van der Waals surface area (Å²) in [6, 6.07) is -0.0149. The van der Waals surface area contributed by atoms with Crippen LogP contribution in [0.1, 0.15) is 27.2 Å². The molecule has 0 aromatic rings. The molecule has 1 saturated heterocycles. The van der Waals surface area contributed by atoms with Crippen LogP contribution in [-0.4, -0.2) is 18.1 Å². The smallest absolute Gasteiger partial charge is 0.309 e. The Morgan fingerprint density at radius 2 is 2.17 bits per heavy atom. The second kappa shape index (κ2) is 3.44. The molecule has 3 unspecified atom stereocenters. The summed E-state index contributed by atoms with van der Waals surface area (Å²) in [5.74, 6) is 0.295. The summed E-state index contributed by atoms with van der Waals surface area (Å²) in [5.41, 5.74) is 5.87. The molecule has 1 rings (SSSR count). The topological polar surface area (TPSA) is 52.3 Å². The predicted molar refractivity (Wildman–Crippen MR) is 46.5 cm³/mol. The van der Waals surface area contributed by atoms with E-state index in [0.29, 0.717) is 5.92 Å². The first-order chi connectivity index (χ1) is 5.52. The lowest BCUT2D eigenvalue weighted by Crippen LogP contribution is -2.38. The van der Waals surface area contributed by atoms with Gasteiger partial charge in [0.1, 0.15) is 6.10 Å². The van der Waals surface area contributed by atoms with Gasteiger partial charge in [-0.05, 0) is 12.3 Å². The van der Waals surface area contributed by atoms with Gasteiger partial charge in [-0.15, -0.1) is 0 Å². The third-order valence-electron chi connectivity index (χ3n) is 2.45. The number of hydrogen-bond donors (Lipinski definition) is 1. The van der Waals surface area contributed by atoms with Crippen LogP contribution in [0.2, 0.25) is 0 Å². The van der Waals surface area contributed by atoms with E-state index in [1.165, 1.54) is 0 Å². The van der Waals surface area contributed by atoms with Gasteiger partial charge in [-0.3, -0.25) is 4.79 Å². The van der Waals surface area contributed by atoms with E-state index in [1.807, 2.05) is 20.8 Å². The van der Waals surface area contributed by atoms with Crippen LogP contribution in [-0.2, 0) is 9.53 Å². The molecule has 0 saturated carbocycles. The lowest BCUT2D eigenvalue weighted by atomic mass is 9.95. The largest absolute Gasteiger partial charge is 0.460 e. The van der Waals surface area contributed by atoms with Crippen molar-refractivity contribution in [2.75, 3.05) is 0 Å². The molecule has 0 bridgehead atoms. The summed E-state index contributed by atoms with van der Waals surface area (Å²) in [6.07, 6.45) is 0.713. The fourth-order valence-corrected chi connectivity index (χ4v) is 1.42. The van der Waals surface area contributed by atoms with Gasteiger partial charge in [0, 0.05) is 6.04 Å². The highest BCUT2D eigenvalue weighted by Crippen LogP contribution is 2.24. The van der Waals surface area contributed by atoms with Crippen molar-refractivity contribution >= 4 is 5.97 Å². The fraction of sp³-hybridized carbons (Fsp3) is 0.889. The van der Waals surface area contributed by atoms with E-state index in [2.05, 4.69) is 0 Å². The normalized spacial score (nSPS) is 32.2. The first kappa shape index (κ1) is 9.52. The van der Waals surface area contributed by atoms with Gasteiger partial charge in [0.2, 0.25) is 0 Å². The Morgan fingerprint density at radius 3 is 2.50 bits per heavy atom. The van der Waals surface area contributed by atoms with E-state index in [1.54, 1.807) is 0 Å². The first-order valence-corrected chi connectivity index (χ1v) is 4.48. The lowest BCUT2D eigenvalue weighted by molar-refractivity contribution is -0.144. The molecule has 1 aliphatic heterocycles. The first-order valence-electron chi connectivity index (χ1n) is 4.48. The van der Waals surface area contributed by atoms with Gasteiger partial charge in [-0.25, -0.2) is 0 Å². The number of rotatable bonds is 2. The molecule has 2 N–H and O–H groups in total. The minimum Gasteiger partial charge on any atom is -0.460 e. The minimum absolute atomic E-state index is 0.0149. The van der Waals surface area contributed by atoms with Crippen LogP contribution in [0.5, 0.6) is 0 Å². The molecular weight excluding hydrogens is 154 g/mol. The third-order valence-corrected chi connectivity index (χ3v) is 2.45. The average molecular weight is 171 g/mol. The monoisotopic (exact) mass is 171 g/mol. The van der Waals surface area contributed by atoms with Crippen molar-refractivity contribution in [3.8, 4) is 0 Å². The fourth-order valence-electron chi connectivity index (χ4n) is 1.42. The highest BCUT2D eigenvalue weighted by Gasteiger charge is 2.35. The van der Waals surface area contributed by atoms with E-state index in [0.717, 1.165) is 6.42 Å². The van der Waals surface area contributed by atoms with Gasteiger partial charge >= 0.3 is 5.97 Å². The molecular formula is C9H17NO2. The van der Waals surface area contributed by atoms with Gasteiger partial charge in [0.15, 0.2) is 0 Å². The maximum Gasteiger partial charge on any atom is 0.309 e. The Morgan fingerprint density at radius 1 is 1.58 bits per heavy atom.